The fraction of sp³-hybridized carbons (Fsp3) is 0.778. The molecule has 1 heterocycles. The summed E-state index contributed by atoms with van der Waals surface area (Å²) in [6, 6.07) is 0. The normalized spacial score (nSPS) is 18.2. The average molecular weight is 402 g/mol. The number of aromatic nitrogens is 3. The summed E-state index contributed by atoms with van der Waals surface area (Å²) in [4.78, 5) is 24.1. The minimum Gasteiger partial charge on any atom is -0.444 e. The van der Waals surface area contributed by atoms with Crippen molar-refractivity contribution >= 4 is 12.1 Å². The number of hydrogen-bond donors (Lipinski definition) is 1. The van der Waals surface area contributed by atoms with Crippen LogP contribution in [0.15, 0.2) is 0 Å². The largest absolute Gasteiger partial charge is 0.444 e. The van der Waals surface area contributed by atoms with Gasteiger partial charge in [0.05, 0.1) is 11.1 Å². The van der Waals surface area contributed by atoms with E-state index in [-0.39, 0.29) is 12.4 Å². The molecule has 10 heteroatoms. The van der Waals surface area contributed by atoms with Crippen LogP contribution < -0.4 is 5.32 Å². The Balaban J connectivity index is 2.20. The van der Waals surface area contributed by atoms with Gasteiger partial charge in [0.1, 0.15) is 16.8 Å². The second-order valence-electron chi connectivity index (χ2n) is 9.25. The zero-order chi connectivity index (χ0) is 21.5. The van der Waals surface area contributed by atoms with Crippen LogP contribution >= 0.6 is 0 Å². The van der Waals surface area contributed by atoms with Crippen LogP contribution in [0, 0.1) is 12.3 Å². The van der Waals surface area contributed by atoms with Gasteiger partial charge in [0.25, 0.3) is 5.92 Å². The first-order chi connectivity index (χ1) is 12.5. The summed E-state index contributed by atoms with van der Waals surface area (Å²) < 4.78 is 39.1. The van der Waals surface area contributed by atoms with E-state index in [0.29, 0.717) is 5.69 Å². The summed E-state index contributed by atoms with van der Waals surface area (Å²) in [6.45, 7) is 11.6. The van der Waals surface area contributed by atoms with E-state index in [0.717, 1.165) is 0 Å². The number of hydrogen-bond acceptors (Lipinski definition) is 6. The Labute approximate surface area is 162 Å². The molecule has 0 aromatic carbocycles. The molecular formula is C18H28F2N4O4. The minimum absolute atomic E-state index is 0.201. The molecule has 0 atom stereocenters. The van der Waals surface area contributed by atoms with Gasteiger partial charge in [-0.2, -0.15) is 0 Å². The maximum Gasteiger partial charge on any atom is 0.408 e. The molecule has 1 aromatic rings. The number of ether oxygens (including phenoxy) is 2. The van der Waals surface area contributed by atoms with Crippen molar-refractivity contribution in [2.24, 2.45) is 5.41 Å². The van der Waals surface area contributed by atoms with Gasteiger partial charge in [-0.1, -0.05) is 5.21 Å². The van der Waals surface area contributed by atoms with E-state index in [4.69, 9.17) is 9.47 Å². The zero-order valence-electron chi connectivity index (χ0n) is 17.4. The van der Waals surface area contributed by atoms with Crippen LogP contribution in [0.25, 0.3) is 0 Å². The Morgan fingerprint density at radius 1 is 1.18 bits per heavy atom. The molecule has 0 radical (unpaired) electrons. The van der Waals surface area contributed by atoms with Gasteiger partial charge < -0.3 is 14.8 Å². The average Bonchev–Trinajstić information content (AvgIpc) is 2.80. The highest BCUT2D eigenvalue weighted by atomic mass is 19.3. The first-order valence-electron chi connectivity index (χ1n) is 9.01. The van der Waals surface area contributed by atoms with Crippen LogP contribution in [-0.4, -0.2) is 38.6 Å². The van der Waals surface area contributed by atoms with Crippen LogP contribution in [-0.2, 0) is 26.5 Å². The first kappa shape index (κ1) is 22.0. The molecule has 158 valence electrons. The number of nitrogens with one attached hydrogen (secondary N) is 1. The topological polar surface area (TPSA) is 95.3 Å². The summed E-state index contributed by atoms with van der Waals surface area (Å²) in [7, 11) is 0. The van der Waals surface area contributed by atoms with E-state index < -0.39 is 47.4 Å². The number of alkyl carbamates (subject to hydrolysis) is 1. The molecule has 1 amide bonds. The molecule has 0 spiro atoms. The van der Waals surface area contributed by atoms with Crippen molar-refractivity contribution in [3.63, 3.8) is 0 Å². The van der Waals surface area contributed by atoms with Crippen molar-refractivity contribution < 1.29 is 27.8 Å². The summed E-state index contributed by atoms with van der Waals surface area (Å²) >= 11 is 0. The van der Waals surface area contributed by atoms with Crippen molar-refractivity contribution in [3.05, 3.63) is 11.4 Å². The lowest BCUT2D eigenvalue weighted by molar-refractivity contribution is -0.157. The summed E-state index contributed by atoms with van der Waals surface area (Å²) in [5, 5.41) is 10.4. The Morgan fingerprint density at radius 2 is 1.75 bits per heavy atom. The third-order valence-electron chi connectivity index (χ3n) is 4.23. The predicted molar refractivity (Wildman–Crippen MR) is 95.5 cm³/mol. The summed E-state index contributed by atoms with van der Waals surface area (Å²) in [5.74, 6) is -3.36. The Kier molecular flexibility index (Phi) is 5.48. The van der Waals surface area contributed by atoms with E-state index in [9.17, 15) is 18.4 Å². The van der Waals surface area contributed by atoms with Crippen LogP contribution in [0.1, 0.15) is 65.8 Å². The van der Waals surface area contributed by atoms with Crippen molar-refractivity contribution in [2.75, 3.05) is 0 Å². The third kappa shape index (κ3) is 4.96. The number of rotatable bonds is 4. The maximum absolute atomic E-state index is 13.7. The van der Waals surface area contributed by atoms with Crippen molar-refractivity contribution in [1.29, 1.82) is 0 Å². The summed E-state index contributed by atoms with van der Waals surface area (Å²) in [6.07, 6.45) is -2.03. The van der Waals surface area contributed by atoms with Crippen molar-refractivity contribution in [2.45, 2.75) is 85.1 Å². The lowest BCUT2D eigenvalue weighted by Crippen LogP contribution is -2.60. The van der Waals surface area contributed by atoms with Crippen LogP contribution in [0.4, 0.5) is 13.6 Å². The molecule has 8 nitrogen and oxygen atoms in total. The zero-order valence-corrected chi connectivity index (χ0v) is 17.4. The molecule has 1 aliphatic carbocycles. The Morgan fingerprint density at radius 3 is 2.21 bits per heavy atom. The highest BCUT2D eigenvalue weighted by Gasteiger charge is 2.60. The van der Waals surface area contributed by atoms with Gasteiger partial charge in [0.2, 0.25) is 0 Å². The number of carbonyl (C=O) groups excluding carboxylic acids is 2. The lowest BCUT2D eigenvalue weighted by Gasteiger charge is -2.46. The summed E-state index contributed by atoms with van der Waals surface area (Å²) in [5.41, 5.74) is -2.22. The molecule has 1 aromatic heterocycles. The van der Waals surface area contributed by atoms with Crippen LogP contribution in [0.5, 0.6) is 0 Å². The van der Waals surface area contributed by atoms with Gasteiger partial charge in [0, 0.05) is 12.8 Å². The van der Waals surface area contributed by atoms with E-state index in [1.165, 1.54) is 4.68 Å². The van der Waals surface area contributed by atoms with E-state index in [1.807, 2.05) is 0 Å². The molecule has 0 bridgehead atoms. The third-order valence-corrected chi connectivity index (χ3v) is 4.23. The quantitative estimate of drug-likeness (QED) is 0.777. The maximum atomic E-state index is 13.7. The number of esters is 1. The van der Waals surface area contributed by atoms with Crippen molar-refractivity contribution in [1.82, 2.24) is 20.3 Å². The van der Waals surface area contributed by atoms with E-state index in [1.54, 1.807) is 48.5 Å². The molecule has 0 saturated heterocycles. The standard InChI is InChI=1S/C18H28F2N4O4/c1-11-12(22-23-24(11)10-27-13(25)15(2,3)4)17(8-18(19,20)9-17)21-14(26)28-16(5,6)7/h8-10H2,1-7H3,(H,21,26). The first-order valence-corrected chi connectivity index (χ1v) is 9.01. The Bertz CT molecular complexity index is 755. The van der Waals surface area contributed by atoms with Gasteiger partial charge in [-0.05, 0) is 48.5 Å². The molecule has 1 fully saturated rings. The van der Waals surface area contributed by atoms with Crippen molar-refractivity contribution in [3.8, 4) is 0 Å². The number of nitrogens with zero attached hydrogens (tertiary/aromatic N) is 3. The lowest BCUT2D eigenvalue weighted by atomic mass is 9.70. The second-order valence-corrected chi connectivity index (χ2v) is 9.25. The van der Waals surface area contributed by atoms with Gasteiger partial charge in [0.15, 0.2) is 6.73 Å². The number of amides is 1. The van der Waals surface area contributed by atoms with E-state index in [2.05, 4.69) is 15.6 Å². The SMILES string of the molecule is Cc1c(C2(NC(=O)OC(C)(C)C)CC(F)(F)C2)nnn1COC(=O)C(C)(C)C. The molecule has 1 aliphatic rings. The van der Waals surface area contributed by atoms with E-state index >= 15 is 0 Å². The highest BCUT2D eigenvalue weighted by molar-refractivity contribution is 5.75. The molecular weight excluding hydrogens is 374 g/mol. The minimum atomic E-state index is -2.93. The Hall–Kier alpha value is -2.26. The molecule has 1 saturated carbocycles. The predicted octanol–water partition coefficient (Wildman–Crippen LogP) is 3.28. The molecule has 2 rings (SSSR count). The van der Waals surface area contributed by atoms with Gasteiger partial charge in [-0.25, -0.2) is 18.3 Å². The van der Waals surface area contributed by atoms with Gasteiger partial charge in [-0.3, -0.25) is 4.79 Å². The molecule has 1 N–H and O–H groups in total. The van der Waals surface area contributed by atoms with Crippen LogP contribution in [0.3, 0.4) is 0 Å². The molecule has 28 heavy (non-hydrogen) atoms. The second kappa shape index (κ2) is 6.97. The molecule has 0 unspecified atom stereocenters. The molecule has 0 aliphatic heterocycles. The van der Waals surface area contributed by atoms with Gasteiger partial charge in [-0.15, -0.1) is 5.10 Å². The number of alkyl halides is 2. The van der Waals surface area contributed by atoms with Gasteiger partial charge >= 0.3 is 12.1 Å². The fourth-order valence-corrected chi connectivity index (χ4v) is 2.91. The number of halogens is 2. The van der Waals surface area contributed by atoms with Crippen LogP contribution in [0.2, 0.25) is 0 Å². The fourth-order valence-electron chi connectivity index (χ4n) is 2.91. The monoisotopic (exact) mass is 402 g/mol. The number of carbonyl (C=O) groups is 2. The smallest absolute Gasteiger partial charge is 0.408 e. The highest BCUT2D eigenvalue weighted by Crippen LogP contribution is 2.51.